The van der Waals surface area contributed by atoms with E-state index in [2.05, 4.69) is 35.9 Å². The van der Waals surface area contributed by atoms with Gasteiger partial charge in [-0.1, -0.05) is 38.1 Å². The minimum absolute atomic E-state index is 0.00497. The van der Waals surface area contributed by atoms with Crippen LogP contribution in [0.2, 0.25) is 0 Å². The first-order chi connectivity index (χ1) is 13.6. The lowest BCUT2D eigenvalue weighted by Gasteiger charge is -2.41. The molecule has 156 valence electrons. The maximum absolute atomic E-state index is 13.5. The number of aryl methyl sites for hydroxylation is 1. The number of fused-ring (bicyclic) bond motifs is 1. The zero-order valence-corrected chi connectivity index (χ0v) is 18.5. The van der Waals surface area contributed by atoms with E-state index in [0.29, 0.717) is 6.54 Å². The Kier molecular flexibility index (Phi) is 5.87. The van der Waals surface area contributed by atoms with Crippen LogP contribution >= 0.6 is 0 Å². The highest BCUT2D eigenvalue weighted by Gasteiger charge is 2.36. The molecule has 1 aromatic carbocycles. The van der Waals surface area contributed by atoms with E-state index >= 15 is 0 Å². The molecule has 1 atom stereocenters. The number of aromatic nitrogens is 1. The summed E-state index contributed by atoms with van der Waals surface area (Å²) in [4.78, 5) is 30.0. The first-order valence-electron chi connectivity index (χ1n) is 10.4. The number of amides is 2. The summed E-state index contributed by atoms with van der Waals surface area (Å²) in [5.41, 5.74) is 3.01. The van der Waals surface area contributed by atoms with Gasteiger partial charge in [0.15, 0.2) is 0 Å². The molecule has 0 unspecified atom stereocenters. The smallest absolute Gasteiger partial charge is 0.243 e. The molecule has 0 bridgehead atoms. The second-order valence-electron chi connectivity index (χ2n) is 9.22. The van der Waals surface area contributed by atoms with E-state index in [1.807, 2.05) is 57.7 Å². The molecule has 1 aliphatic rings. The van der Waals surface area contributed by atoms with E-state index in [-0.39, 0.29) is 30.3 Å². The van der Waals surface area contributed by atoms with Gasteiger partial charge in [-0.25, -0.2) is 0 Å². The number of rotatable bonds is 4. The van der Waals surface area contributed by atoms with Gasteiger partial charge in [0.25, 0.3) is 0 Å². The van der Waals surface area contributed by atoms with Crippen LogP contribution in [0.5, 0.6) is 0 Å². The van der Waals surface area contributed by atoms with Gasteiger partial charge < -0.3 is 14.4 Å². The molecule has 0 fully saturated rings. The van der Waals surface area contributed by atoms with Crippen LogP contribution in [-0.2, 0) is 16.1 Å². The van der Waals surface area contributed by atoms with Crippen LogP contribution in [0.25, 0.3) is 0 Å². The second kappa shape index (κ2) is 8.05. The van der Waals surface area contributed by atoms with Crippen molar-refractivity contribution in [1.82, 2.24) is 14.4 Å². The van der Waals surface area contributed by atoms with E-state index in [9.17, 15) is 9.59 Å². The van der Waals surface area contributed by atoms with Gasteiger partial charge in [0.2, 0.25) is 11.8 Å². The maximum Gasteiger partial charge on any atom is 0.243 e. The Balaban J connectivity index is 1.96. The quantitative estimate of drug-likeness (QED) is 0.785. The van der Waals surface area contributed by atoms with E-state index < -0.39 is 5.54 Å². The average molecular weight is 396 g/mol. The number of hydrogen-bond donors (Lipinski definition) is 0. The number of carbonyl (C=O) groups excluding carboxylic acids is 2. The second-order valence-corrected chi connectivity index (χ2v) is 9.22. The molecular formula is C24H33N3O2. The van der Waals surface area contributed by atoms with E-state index in [1.165, 1.54) is 0 Å². The summed E-state index contributed by atoms with van der Waals surface area (Å²) in [6.45, 7) is 13.3. The molecule has 5 heteroatoms. The van der Waals surface area contributed by atoms with Crippen LogP contribution in [0, 0.1) is 12.8 Å². The van der Waals surface area contributed by atoms with E-state index in [4.69, 9.17) is 0 Å². The Morgan fingerprint density at radius 2 is 1.79 bits per heavy atom. The lowest BCUT2D eigenvalue weighted by atomic mass is 9.95. The van der Waals surface area contributed by atoms with Crippen molar-refractivity contribution in [2.24, 2.45) is 5.92 Å². The van der Waals surface area contributed by atoms with Gasteiger partial charge in [0, 0.05) is 36.4 Å². The van der Waals surface area contributed by atoms with Crippen molar-refractivity contribution in [3.8, 4) is 0 Å². The fourth-order valence-corrected chi connectivity index (χ4v) is 4.06. The molecule has 0 N–H and O–H groups in total. The van der Waals surface area contributed by atoms with Gasteiger partial charge in [-0.05, 0) is 51.0 Å². The van der Waals surface area contributed by atoms with Crippen molar-refractivity contribution in [3.63, 3.8) is 0 Å². The predicted molar refractivity (Wildman–Crippen MR) is 115 cm³/mol. The standard InChI is InChI=1S/C24H33N3O2/c1-17(2)23(29)27(24(4,5)6)16-21(28)26-15-14-25-13-9-12-20(25)22(26)19-11-8-7-10-18(19)3/h7-13,17,22H,14-16H2,1-6H3/t22-/m1/s1. The van der Waals surface area contributed by atoms with Crippen LogP contribution in [0.1, 0.15) is 57.5 Å². The largest absolute Gasteiger partial charge is 0.348 e. The van der Waals surface area contributed by atoms with E-state index in [1.54, 1.807) is 4.90 Å². The molecular weight excluding hydrogens is 362 g/mol. The number of hydrogen-bond acceptors (Lipinski definition) is 2. The zero-order chi connectivity index (χ0) is 21.3. The number of benzene rings is 1. The molecule has 0 spiro atoms. The lowest BCUT2D eigenvalue weighted by molar-refractivity contribution is -0.148. The predicted octanol–water partition coefficient (Wildman–Crippen LogP) is 4.01. The fraction of sp³-hybridized carbons (Fsp3) is 0.500. The third-order valence-corrected chi connectivity index (χ3v) is 5.70. The van der Waals surface area contributed by atoms with Crippen molar-refractivity contribution in [2.75, 3.05) is 13.1 Å². The van der Waals surface area contributed by atoms with Gasteiger partial charge in [0.05, 0.1) is 6.04 Å². The Labute approximate surface area is 174 Å². The van der Waals surface area contributed by atoms with Gasteiger partial charge in [-0.3, -0.25) is 9.59 Å². The summed E-state index contributed by atoms with van der Waals surface area (Å²) >= 11 is 0. The molecule has 0 saturated carbocycles. The highest BCUT2D eigenvalue weighted by Crippen LogP contribution is 2.34. The summed E-state index contributed by atoms with van der Waals surface area (Å²) in [6.07, 6.45) is 2.08. The van der Waals surface area contributed by atoms with Crippen molar-refractivity contribution in [3.05, 3.63) is 59.4 Å². The summed E-state index contributed by atoms with van der Waals surface area (Å²) in [6, 6.07) is 12.2. The summed E-state index contributed by atoms with van der Waals surface area (Å²) in [5, 5.41) is 0. The molecule has 0 saturated heterocycles. The van der Waals surface area contributed by atoms with Crippen molar-refractivity contribution in [1.29, 1.82) is 0 Å². The Hall–Kier alpha value is -2.56. The van der Waals surface area contributed by atoms with Gasteiger partial charge in [-0.15, -0.1) is 0 Å². The van der Waals surface area contributed by atoms with Gasteiger partial charge in [0.1, 0.15) is 6.54 Å². The monoisotopic (exact) mass is 395 g/mol. The number of nitrogens with zero attached hydrogens (tertiary/aromatic N) is 3. The Bertz CT molecular complexity index is 892. The maximum atomic E-state index is 13.5. The highest BCUT2D eigenvalue weighted by atomic mass is 16.2. The molecule has 2 heterocycles. The normalized spacial score (nSPS) is 16.7. The van der Waals surface area contributed by atoms with Gasteiger partial charge >= 0.3 is 0 Å². The van der Waals surface area contributed by atoms with E-state index in [0.717, 1.165) is 23.4 Å². The third kappa shape index (κ3) is 4.24. The summed E-state index contributed by atoms with van der Waals surface area (Å²) in [7, 11) is 0. The minimum Gasteiger partial charge on any atom is -0.348 e. The lowest BCUT2D eigenvalue weighted by Crippen LogP contribution is -2.54. The van der Waals surface area contributed by atoms with Crippen LogP contribution in [0.3, 0.4) is 0 Å². The van der Waals surface area contributed by atoms with Crippen molar-refractivity contribution in [2.45, 2.75) is 59.7 Å². The van der Waals surface area contributed by atoms with Gasteiger partial charge in [-0.2, -0.15) is 0 Å². The highest BCUT2D eigenvalue weighted by molar-refractivity contribution is 5.86. The first kappa shape index (κ1) is 21.2. The third-order valence-electron chi connectivity index (χ3n) is 5.70. The zero-order valence-electron chi connectivity index (χ0n) is 18.5. The Morgan fingerprint density at radius 3 is 2.41 bits per heavy atom. The SMILES string of the molecule is Cc1ccccc1[C@@H]1c2cccn2CCN1C(=O)CN(C(=O)C(C)C)C(C)(C)C. The van der Waals surface area contributed by atoms with Crippen LogP contribution in [-0.4, -0.2) is 44.8 Å². The van der Waals surface area contributed by atoms with Crippen LogP contribution < -0.4 is 0 Å². The topological polar surface area (TPSA) is 45.6 Å². The first-order valence-corrected chi connectivity index (χ1v) is 10.4. The van der Waals surface area contributed by atoms with Crippen molar-refractivity contribution >= 4 is 11.8 Å². The van der Waals surface area contributed by atoms with Crippen LogP contribution in [0.15, 0.2) is 42.6 Å². The Morgan fingerprint density at radius 1 is 1.10 bits per heavy atom. The molecule has 3 rings (SSSR count). The molecule has 0 radical (unpaired) electrons. The minimum atomic E-state index is -0.412. The summed E-state index contributed by atoms with van der Waals surface area (Å²) < 4.78 is 2.22. The molecule has 1 aliphatic heterocycles. The molecule has 5 nitrogen and oxygen atoms in total. The molecule has 2 amide bonds. The average Bonchev–Trinajstić information content (AvgIpc) is 3.13. The molecule has 2 aromatic rings. The van der Waals surface area contributed by atoms with Crippen LogP contribution in [0.4, 0.5) is 0 Å². The summed E-state index contributed by atoms with van der Waals surface area (Å²) in [5.74, 6) is -0.138. The molecule has 1 aromatic heterocycles. The number of carbonyl (C=O) groups is 2. The fourth-order valence-electron chi connectivity index (χ4n) is 4.06. The molecule has 29 heavy (non-hydrogen) atoms. The molecule has 0 aliphatic carbocycles. The van der Waals surface area contributed by atoms with Crippen molar-refractivity contribution < 1.29 is 9.59 Å².